The number of para-hydroxylation sites is 1. The number of likely N-dealkylation sites (tertiary alicyclic amines) is 1. The van der Waals surface area contributed by atoms with Gasteiger partial charge in [0.15, 0.2) is 17.8 Å². The van der Waals surface area contributed by atoms with E-state index in [9.17, 15) is 4.79 Å². The van der Waals surface area contributed by atoms with Gasteiger partial charge in [-0.25, -0.2) is 0 Å². The number of piperidine rings is 1. The van der Waals surface area contributed by atoms with Crippen LogP contribution in [0.1, 0.15) is 43.0 Å². The van der Waals surface area contributed by atoms with Crippen LogP contribution in [-0.4, -0.2) is 44.0 Å². The average molecular weight is 291 g/mol. The molecule has 1 unspecified atom stereocenters. The summed E-state index contributed by atoms with van der Waals surface area (Å²) in [5.41, 5.74) is 0.542. The molecule has 0 saturated carbocycles. The summed E-state index contributed by atoms with van der Waals surface area (Å²) in [5, 5.41) is 0. The van der Waals surface area contributed by atoms with E-state index in [0.29, 0.717) is 29.7 Å². The highest BCUT2D eigenvalue weighted by atomic mass is 16.5. The Morgan fingerprint density at radius 1 is 1.38 bits per heavy atom. The Morgan fingerprint density at radius 3 is 2.95 bits per heavy atom. The van der Waals surface area contributed by atoms with Crippen molar-refractivity contribution in [2.45, 2.75) is 38.6 Å². The predicted molar refractivity (Wildman–Crippen MR) is 83.4 cm³/mol. The van der Waals surface area contributed by atoms with Gasteiger partial charge in [0, 0.05) is 12.6 Å². The van der Waals surface area contributed by atoms with Gasteiger partial charge in [0.1, 0.15) is 0 Å². The highest BCUT2D eigenvalue weighted by Gasteiger charge is 2.17. The van der Waals surface area contributed by atoms with E-state index in [4.69, 9.17) is 9.47 Å². The van der Waals surface area contributed by atoms with Crippen molar-refractivity contribution in [2.75, 3.05) is 26.8 Å². The minimum Gasteiger partial charge on any atom is -0.493 e. The lowest BCUT2D eigenvalue weighted by atomic mass is 10.0. The van der Waals surface area contributed by atoms with Gasteiger partial charge in [-0.3, -0.25) is 4.79 Å². The third kappa shape index (κ3) is 4.21. The topological polar surface area (TPSA) is 38.8 Å². The van der Waals surface area contributed by atoms with Crippen LogP contribution in [0.4, 0.5) is 0 Å². The molecule has 116 valence electrons. The zero-order valence-electron chi connectivity index (χ0n) is 13.0. The van der Waals surface area contributed by atoms with E-state index in [0.717, 1.165) is 19.3 Å². The number of hydrogen-bond acceptors (Lipinski definition) is 4. The summed E-state index contributed by atoms with van der Waals surface area (Å²) >= 11 is 0. The maximum absolute atomic E-state index is 11.1. The molecule has 1 aromatic carbocycles. The maximum Gasteiger partial charge on any atom is 0.171 e. The van der Waals surface area contributed by atoms with Crippen LogP contribution in [0.25, 0.3) is 0 Å². The SMILES string of the molecule is COc1cccc(C=O)c1OCCCN1CCCCC1C. The molecule has 0 aromatic heterocycles. The summed E-state index contributed by atoms with van der Waals surface area (Å²) in [7, 11) is 1.59. The zero-order valence-corrected chi connectivity index (χ0v) is 13.0. The molecule has 1 atom stereocenters. The minimum absolute atomic E-state index is 0.542. The fourth-order valence-electron chi connectivity index (χ4n) is 2.87. The van der Waals surface area contributed by atoms with Gasteiger partial charge in [0.25, 0.3) is 0 Å². The van der Waals surface area contributed by atoms with Crippen molar-refractivity contribution < 1.29 is 14.3 Å². The van der Waals surface area contributed by atoms with Crippen molar-refractivity contribution >= 4 is 6.29 Å². The summed E-state index contributed by atoms with van der Waals surface area (Å²) < 4.78 is 11.1. The van der Waals surface area contributed by atoms with Crippen LogP contribution in [0.5, 0.6) is 11.5 Å². The van der Waals surface area contributed by atoms with Crippen molar-refractivity contribution in [1.82, 2.24) is 4.90 Å². The molecule has 1 aromatic rings. The number of aldehydes is 1. The van der Waals surface area contributed by atoms with Crippen LogP contribution in [0.2, 0.25) is 0 Å². The number of nitrogens with zero attached hydrogens (tertiary/aromatic N) is 1. The quantitative estimate of drug-likeness (QED) is 0.571. The number of carbonyl (C=O) groups is 1. The molecule has 2 rings (SSSR count). The van der Waals surface area contributed by atoms with Crippen LogP contribution in [0.15, 0.2) is 18.2 Å². The molecule has 1 aliphatic rings. The van der Waals surface area contributed by atoms with Gasteiger partial charge in [-0.15, -0.1) is 0 Å². The second-order valence-corrected chi connectivity index (χ2v) is 5.58. The molecule has 0 aliphatic carbocycles. The van der Waals surface area contributed by atoms with Crippen LogP contribution in [0, 0.1) is 0 Å². The van der Waals surface area contributed by atoms with Gasteiger partial charge in [0.05, 0.1) is 19.3 Å². The van der Waals surface area contributed by atoms with Crippen molar-refractivity contribution in [2.24, 2.45) is 0 Å². The molecule has 0 bridgehead atoms. The molecule has 4 nitrogen and oxygen atoms in total. The van der Waals surface area contributed by atoms with Crippen LogP contribution in [0.3, 0.4) is 0 Å². The molecule has 0 amide bonds. The first-order valence-electron chi connectivity index (χ1n) is 7.75. The van der Waals surface area contributed by atoms with E-state index in [1.807, 2.05) is 6.07 Å². The highest BCUT2D eigenvalue weighted by Crippen LogP contribution is 2.30. The monoisotopic (exact) mass is 291 g/mol. The molecule has 1 fully saturated rings. The summed E-state index contributed by atoms with van der Waals surface area (Å²) in [4.78, 5) is 13.6. The molecule has 1 saturated heterocycles. The number of hydrogen-bond donors (Lipinski definition) is 0. The van der Waals surface area contributed by atoms with Crippen LogP contribution >= 0.6 is 0 Å². The molecule has 4 heteroatoms. The van der Waals surface area contributed by atoms with E-state index in [-0.39, 0.29) is 0 Å². The van der Waals surface area contributed by atoms with Gasteiger partial charge in [-0.05, 0) is 44.9 Å². The van der Waals surface area contributed by atoms with Crippen molar-refractivity contribution in [1.29, 1.82) is 0 Å². The zero-order chi connectivity index (χ0) is 15.1. The van der Waals surface area contributed by atoms with Crippen molar-refractivity contribution in [3.63, 3.8) is 0 Å². The summed E-state index contributed by atoms with van der Waals surface area (Å²) in [6.45, 7) is 5.14. The second-order valence-electron chi connectivity index (χ2n) is 5.58. The largest absolute Gasteiger partial charge is 0.493 e. The molecular formula is C17H25NO3. The third-order valence-electron chi connectivity index (χ3n) is 4.13. The summed E-state index contributed by atoms with van der Waals surface area (Å²) in [5.74, 6) is 1.17. The molecular weight excluding hydrogens is 266 g/mol. The Hall–Kier alpha value is -1.55. The summed E-state index contributed by atoms with van der Waals surface area (Å²) in [6.07, 6.45) is 5.71. The first kappa shape index (κ1) is 15.8. The van der Waals surface area contributed by atoms with Gasteiger partial charge in [-0.1, -0.05) is 12.5 Å². The fourth-order valence-corrected chi connectivity index (χ4v) is 2.87. The Bertz CT molecular complexity index is 461. The highest BCUT2D eigenvalue weighted by molar-refractivity contribution is 5.81. The fraction of sp³-hybridized carbons (Fsp3) is 0.588. The van der Waals surface area contributed by atoms with E-state index < -0.39 is 0 Å². The number of methoxy groups -OCH3 is 1. The van der Waals surface area contributed by atoms with E-state index in [1.165, 1.54) is 25.8 Å². The Kier molecular flexibility index (Phi) is 6.05. The first-order chi connectivity index (χ1) is 10.3. The number of ether oxygens (including phenoxy) is 2. The average Bonchev–Trinajstić information content (AvgIpc) is 2.52. The van der Waals surface area contributed by atoms with Gasteiger partial charge < -0.3 is 14.4 Å². The lowest BCUT2D eigenvalue weighted by molar-refractivity contribution is 0.111. The van der Waals surface area contributed by atoms with E-state index in [2.05, 4.69) is 11.8 Å². The first-order valence-corrected chi connectivity index (χ1v) is 7.75. The Labute approximate surface area is 127 Å². The van der Waals surface area contributed by atoms with Crippen LogP contribution in [-0.2, 0) is 0 Å². The number of benzene rings is 1. The van der Waals surface area contributed by atoms with Crippen LogP contribution < -0.4 is 9.47 Å². The Balaban J connectivity index is 1.84. The third-order valence-corrected chi connectivity index (χ3v) is 4.13. The van der Waals surface area contributed by atoms with Crippen molar-refractivity contribution in [3.8, 4) is 11.5 Å². The number of carbonyl (C=O) groups excluding carboxylic acids is 1. The normalized spacial score (nSPS) is 19.2. The van der Waals surface area contributed by atoms with E-state index in [1.54, 1.807) is 19.2 Å². The maximum atomic E-state index is 11.1. The van der Waals surface area contributed by atoms with E-state index >= 15 is 0 Å². The molecule has 1 aliphatic heterocycles. The standard InChI is InChI=1S/C17H25NO3/c1-14-7-3-4-10-18(14)11-6-12-21-17-15(13-19)8-5-9-16(17)20-2/h5,8-9,13-14H,3-4,6-7,10-12H2,1-2H3. The predicted octanol–water partition coefficient (Wildman–Crippen LogP) is 3.15. The van der Waals surface area contributed by atoms with Gasteiger partial charge in [0.2, 0.25) is 0 Å². The molecule has 0 radical (unpaired) electrons. The van der Waals surface area contributed by atoms with Gasteiger partial charge >= 0.3 is 0 Å². The lowest BCUT2D eigenvalue weighted by Crippen LogP contribution is -2.38. The smallest absolute Gasteiger partial charge is 0.171 e. The number of rotatable bonds is 7. The molecule has 1 heterocycles. The second kappa shape index (κ2) is 8.03. The summed E-state index contributed by atoms with van der Waals surface area (Å²) in [6, 6.07) is 6.04. The molecule has 0 N–H and O–H groups in total. The van der Waals surface area contributed by atoms with Crippen molar-refractivity contribution in [3.05, 3.63) is 23.8 Å². The molecule has 0 spiro atoms. The Morgan fingerprint density at radius 2 is 2.24 bits per heavy atom. The van der Waals surface area contributed by atoms with Gasteiger partial charge in [-0.2, -0.15) is 0 Å². The minimum atomic E-state index is 0.542. The lowest BCUT2D eigenvalue weighted by Gasteiger charge is -2.33. The molecule has 21 heavy (non-hydrogen) atoms.